The lowest BCUT2D eigenvalue weighted by molar-refractivity contribution is 0.543. The molecular formula is C13H9BrClF2N. The van der Waals surface area contributed by atoms with Gasteiger partial charge in [0.15, 0.2) is 0 Å². The summed E-state index contributed by atoms with van der Waals surface area (Å²) in [5.41, 5.74) is 6.33. The molecule has 0 aromatic heterocycles. The van der Waals surface area contributed by atoms with Gasteiger partial charge in [0.2, 0.25) is 0 Å². The summed E-state index contributed by atoms with van der Waals surface area (Å²) in [7, 11) is 0. The third-order valence-corrected chi connectivity index (χ3v) is 3.83. The van der Waals surface area contributed by atoms with Crippen LogP contribution in [0.5, 0.6) is 0 Å². The van der Waals surface area contributed by atoms with Crippen LogP contribution in [0.25, 0.3) is 0 Å². The van der Waals surface area contributed by atoms with E-state index in [0.717, 1.165) is 0 Å². The van der Waals surface area contributed by atoms with Crippen molar-refractivity contribution < 1.29 is 8.78 Å². The molecule has 5 heteroatoms. The maximum Gasteiger partial charge on any atom is 0.131 e. The van der Waals surface area contributed by atoms with Gasteiger partial charge in [0.25, 0.3) is 0 Å². The predicted molar refractivity (Wildman–Crippen MR) is 71.5 cm³/mol. The number of hydrogen-bond acceptors (Lipinski definition) is 1. The number of nitrogens with two attached hydrogens (primary N) is 1. The lowest BCUT2D eigenvalue weighted by atomic mass is 9.99. The molecule has 0 fully saturated rings. The maximum absolute atomic E-state index is 13.6. The van der Waals surface area contributed by atoms with Crippen molar-refractivity contribution in [2.75, 3.05) is 0 Å². The van der Waals surface area contributed by atoms with Crippen LogP contribution < -0.4 is 5.73 Å². The van der Waals surface area contributed by atoms with Crippen molar-refractivity contribution in [1.82, 2.24) is 0 Å². The molecule has 2 aromatic carbocycles. The fraction of sp³-hybridized carbons (Fsp3) is 0.0769. The van der Waals surface area contributed by atoms with E-state index >= 15 is 0 Å². The SMILES string of the molecule is NC(c1ccc(Cl)c(Br)c1)c1c(F)cccc1F. The molecule has 0 spiro atoms. The van der Waals surface area contributed by atoms with E-state index in [1.54, 1.807) is 18.2 Å². The van der Waals surface area contributed by atoms with E-state index in [-0.39, 0.29) is 5.56 Å². The van der Waals surface area contributed by atoms with Gasteiger partial charge in [-0.05, 0) is 45.8 Å². The van der Waals surface area contributed by atoms with Crippen molar-refractivity contribution in [3.63, 3.8) is 0 Å². The molecule has 2 aromatic rings. The molecule has 0 amide bonds. The van der Waals surface area contributed by atoms with E-state index in [4.69, 9.17) is 17.3 Å². The largest absolute Gasteiger partial charge is 0.320 e. The average Bonchev–Trinajstić information content (AvgIpc) is 2.32. The molecule has 0 bridgehead atoms. The first-order valence-electron chi connectivity index (χ1n) is 5.15. The van der Waals surface area contributed by atoms with Crippen LogP contribution in [0.3, 0.4) is 0 Å². The molecule has 18 heavy (non-hydrogen) atoms. The Bertz CT molecular complexity index is 569. The zero-order valence-electron chi connectivity index (χ0n) is 9.13. The van der Waals surface area contributed by atoms with Gasteiger partial charge in [0.1, 0.15) is 11.6 Å². The molecule has 1 atom stereocenters. The maximum atomic E-state index is 13.6. The molecule has 1 nitrogen and oxygen atoms in total. The van der Waals surface area contributed by atoms with Crippen LogP contribution in [-0.4, -0.2) is 0 Å². The summed E-state index contributed by atoms with van der Waals surface area (Å²) in [5.74, 6) is -1.32. The van der Waals surface area contributed by atoms with Crippen LogP contribution in [0.4, 0.5) is 8.78 Å². The van der Waals surface area contributed by atoms with Gasteiger partial charge in [-0.1, -0.05) is 23.7 Å². The van der Waals surface area contributed by atoms with Crippen molar-refractivity contribution in [3.05, 3.63) is 68.7 Å². The first kappa shape index (κ1) is 13.5. The summed E-state index contributed by atoms with van der Waals surface area (Å²) in [6, 6.07) is 7.72. The minimum atomic E-state index is -0.875. The predicted octanol–water partition coefficient (Wildman–Crippen LogP) is 4.43. The van der Waals surface area contributed by atoms with Crippen LogP contribution in [-0.2, 0) is 0 Å². The molecule has 1 unspecified atom stereocenters. The molecule has 0 saturated carbocycles. The van der Waals surface area contributed by atoms with Crippen molar-refractivity contribution in [2.45, 2.75) is 6.04 Å². The van der Waals surface area contributed by atoms with E-state index in [9.17, 15) is 8.78 Å². The van der Waals surface area contributed by atoms with Crippen molar-refractivity contribution in [1.29, 1.82) is 0 Å². The summed E-state index contributed by atoms with van der Waals surface area (Å²) in [4.78, 5) is 0. The van der Waals surface area contributed by atoms with E-state index in [2.05, 4.69) is 15.9 Å². The quantitative estimate of drug-likeness (QED) is 0.865. The molecule has 0 aliphatic carbocycles. The molecule has 2 N–H and O–H groups in total. The van der Waals surface area contributed by atoms with Gasteiger partial charge in [-0.3, -0.25) is 0 Å². The Labute approximate surface area is 117 Å². The van der Waals surface area contributed by atoms with Gasteiger partial charge >= 0.3 is 0 Å². The fourth-order valence-corrected chi connectivity index (χ4v) is 2.19. The number of hydrogen-bond donors (Lipinski definition) is 1. The fourth-order valence-electron chi connectivity index (χ4n) is 1.68. The lowest BCUT2D eigenvalue weighted by Crippen LogP contribution is -2.15. The smallest absolute Gasteiger partial charge is 0.131 e. The Hall–Kier alpha value is -0.970. The third-order valence-electron chi connectivity index (χ3n) is 2.61. The summed E-state index contributed by atoms with van der Waals surface area (Å²) in [6.07, 6.45) is 0. The minimum Gasteiger partial charge on any atom is -0.320 e. The van der Waals surface area contributed by atoms with Gasteiger partial charge in [0, 0.05) is 10.0 Å². The van der Waals surface area contributed by atoms with Gasteiger partial charge < -0.3 is 5.73 Å². The highest BCUT2D eigenvalue weighted by molar-refractivity contribution is 9.10. The van der Waals surface area contributed by atoms with Crippen molar-refractivity contribution in [2.24, 2.45) is 5.73 Å². The standard InChI is InChI=1S/C13H9BrClF2N/c14-8-6-7(4-5-9(8)15)13(18)12-10(16)2-1-3-11(12)17/h1-6,13H,18H2. The van der Waals surface area contributed by atoms with Crippen LogP contribution in [0, 0.1) is 11.6 Å². The second kappa shape index (κ2) is 5.34. The molecule has 0 radical (unpaired) electrons. The molecule has 0 aliphatic heterocycles. The second-order valence-electron chi connectivity index (χ2n) is 3.79. The summed E-state index contributed by atoms with van der Waals surface area (Å²) in [5, 5.41) is 0.514. The highest BCUT2D eigenvalue weighted by atomic mass is 79.9. The Kier molecular flexibility index (Phi) is 4.00. The number of benzene rings is 2. The zero-order chi connectivity index (χ0) is 13.3. The van der Waals surface area contributed by atoms with E-state index < -0.39 is 17.7 Å². The Balaban J connectivity index is 2.48. The molecule has 2 rings (SSSR count). The van der Waals surface area contributed by atoms with Crippen LogP contribution in [0.15, 0.2) is 40.9 Å². The molecule has 94 valence electrons. The van der Waals surface area contributed by atoms with Gasteiger partial charge in [0.05, 0.1) is 11.1 Å². The van der Waals surface area contributed by atoms with Crippen LogP contribution in [0.2, 0.25) is 5.02 Å². The number of halogens is 4. The first-order valence-corrected chi connectivity index (χ1v) is 6.32. The summed E-state index contributed by atoms with van der Waals surface area (Å²) >= 11 is 9.11. The highest BCUT2D eigenvalue weighted by Gasteiger charge is 2.18. The van der Waals surface area contributed by atoms with Gasteiger partial charge in [-0.25, -0.2) is 8.78 Å². The van der Waals surface area contributed by atoms with E-state index in [1.165, 1.54) is 18.2 Å². The Morgan fingerprint density at radius 1 is 1.11 bits per heavy atom. The molecule has 0 heterocycles. The molecular weight excluding hydrogens is 324 g/mol. The highest BCUT2D eigenvalue weighted by Crippen LogP contribution is 2.29. The first-order chi connectivity index (χ1) is 8.50. The number of rotatable bonds is 2. The Morgan fingerprint density at radius 3 is 2.28 bits per heavy atom. The second-order valence-corrected chi connectivity index (χ2v) is 5.05. The summed E-state index contributed by atoms with van der Waals surface area (Å²) in [6.45, 7) is 0. The van der Waals surface area contributed by atoms with Crippen LogP contribution >= 0.6 is 27.5 Å². The zero-order valence-corrected chi connectivity index (χ0v) is 11.5. The minimum absolute atomic E-state index is 0.147. The monoisotopic (exact) mass is 331 g/mol. The lowest BCUT2D eigenvalue weighted by Gasteiger charge is -2.15. The Morgan fingerprint density at radius 2 is 1.72 bits per heavy atom. The molecule has 0 saturated heterocycles. The molecule has 0 aliphatic rings. The summed E-state index contributed by atoms with van der Waals surface area (Å²) < 4.78 is 27.9. The van der Waals surface area contributed by atoms with E-state index in [0.29, 0.717) is 15.1 Å². The van der Waals surface area contributed by atoms with Crippen molar-refractivity contribution in [3.8, 4) is 0 Å². The van der Waals surface area contributed by atoms with Gasteiger partial charge in [-0.15, -0.1) is 0 Å². The van der Waals surface area contributed by atoms with Gasteiger partial charge in [-0.2, -0.15) is 0 Å². The van der Waals surface area contributed by atoms with Crippen LogP contribution in [0.1, 0.15) is 17.2 Å². The average molecular weight is 333 g/mol. The normalized spacial score (nSPS) is 12.5. The topological polar surface area (TPSA) is 26.0 Å². The van der Waals surface area contributed by atoms with Crippen molar-refractivity contribution >= 4 is 27.5 Å². The third kappa shape index (κ3) is 2.55. The van der Waals surface area contributed by atoms with E-state index in [1.807, 2.05) is 0 Å².